The van der Waals surface area contributed by atoms with E-state index in [1.165, 1.54) is 36.5 Å². The molecule has 0 aliphatic carbocycles. The third-order valence-electron chi connectivity index (χ3n) is 5.01. The molecule has 1 amide bonds. The number of hydrogen-bond acceptors (Lipinski definition) is 5. The number of nitrogens with one attached hydrogen (secondary N) is 3. The second kappa shape index (κ2) is 9.68. The fourth-order valence-electron chi connectivity index (χ4n) is 3.63. The first kappa shape index (κ1) is 22.9. The SMILES string of the molecule is CSNc1cc(Cl)cc(NC(=O)c2cc(C3NC=C(F)C=C3c3cncc(F)c3)n(C)c2)c1. The molecule has 0 bridgehead atoms. The highest BCUT2D eigenvalue weighted by atomic mass is 35.5. The van der Waals surface area contributed by atoms with Crippen LogP contribution in [0.2, 0.25) is 5.02 Å². The van der Waals surface area contributed by atoms with Gasteiger partial charge in [-0.1, -0.05) is 23.5 Å². The summed E-state index contributed by atoms with van der Waals surface area (Å²) in [5.41, 5.74) is 3.34. The normalized spacial score (nSPS) is 15.4. The number of amides is 1. The van der Waals surface area contributed by atoms with Crippen molar-refractivity contribution < 1.29 is 13.6 Å². The van der Waals surface area contributed by atoms with E-state index >= 15 is 0 Å². The molecule has 3 heterocycles. The Morgan fingerprint density at radius 3 is 2.73 bits per heavy atom. The van der Waals surface area contributed by atoms with Crippen LogP contribution in [0.5, 0.6) is 0 Å². The molecule has 2 aromatic heterocycles. The summed E-state index contributed by atoms with van der Waals surface area (Å²) in [4.78, 5) is 16.8. The predicted molar refractivity (Wildman–Crippen MR) is 129 cm³/mol. The van der Waals surface area contributed by atoms with E-state index in [9.17, 15) is 13.6 Å². The van der Waals surface area contributed by atoms with Crippen LogP contribution in [0.1, 0.15) is 27.7 Å². The molecule has 1 unspecified atom stereocenters. The monoisotopic (exact) mass is 487 g/mol. The van der Waals surface area contributed by atoms with Gasteiger partial charge in [0.15, 0.2) is 0 Å². The summed E-state index contributed by atoms with van der Waals surface area (Å²) in [6, 6.07) is 7.67. The molecule has 6 nitrogen and oxygen atoms in total. The van der Waals surface area contributed by atoms with Gasteiger partial charge in [-0.25, -0.2) is 8.78 Å². The molecule has 0 saturated heterocycles. The van der Waals surface area contributed by atoms with Crippen molar-refractivity contribution in [2.24, 2.45) is 7.05 Å². The van der Waals surface area contributed by atoms with Gasteiger partial charge in [0.2, 0.25) is 0 Å². The van der Waals surface area contributed by atoms with E-state index in [0.29, 0.717) is 33.1 Å². The van der Waals surface area contributed by atoms with Gasteiger partial charge in [0.05, 0.1) is 17.8 Å². The Hall–Kier alpha value is -3.30. The first-order valence-corrected chi connectivity index (χ1v) is 11.5. The number of carbonyl (C=O) groups excluding carboxylic acids is 1. The number of anilines is 2. The van der Waals surface area contributed by atoms with Crippen molar-refractivity contribution in [2.75, 3.05) is 16.3 Å². The molecule has 10 heteroatoms. The molecule has 0 saturated carbocycles. The molecule has 1 aliphatic heterocycles. The van der Waals surface area contributed by atoms with Gasteiger partial charge >= 0.3 is 0 Å². The second-order valence-corrected chi connectivity index (χ2v) is 8.42. The summed E-state index contributed by atoms with van der Waals surface area (Å²) in [5, 5.41) is 6.32. The van der Waals surface area contributed by atoms with Crippen molar-refractivity contribution in [3.8, 4) is 0 Å². The maximum absolute atomic E-state index is 14.0. The number of allylic oxidation sites excluding steroid dienone is 2. The molecule has 1 aliphatic rings. The minimum Gasteiger partial charge on any atom is -0.376 e. The van der Waals surface area contributed by atoms with Crippen LogP contribution in [0.15, 0.2) is 67.0 Å². The third-order valence-corrected chi connectivity index (χ3v) is 5.67. The van der Waals surface area contributed by atoms with E-state index in [0.717, 1.165) is 11.9 Å². The zero-order valence-electron chi connectivity index (χ0n) is 17.7. The van der Waals surface area contributed by atoms with Crippen LogP contribution < -0.4 is 15.4 Å². The quantitative estimate of drug-likeness (QED) is 0.389. The second-order valence-electron chi connectivity index (χ2n) is 7.37. The average Bonchev–Trinajstić information content (AvgIpc) is 3.15. The molecule has 33 heavy (non-hydrogen) atoms. The van der Waals surface area contributed by atoms with Gasteiger partial charge in [0.25, 0.3) is 5.91 Å². The van der Waals surface area contributed by atoms with Crippen molar-refractivity contribution in [3.63, 3.8) is 0 Å². The van der Waals surface area contributed by atoms with Crippen molar-refractivity contribution in [3.05, 3.63) is 94.7 Å². The van der Waals surface area contributed by atoms with Crippen LogP contribution in [-0.4, -0.2) is 21.7 Å². The zero-order chi connectivity index (χ0) is 23.5. The molecule has 0 fully saturated rings. The fourth-order valence-corrected chi connectivity index (χ4v) is 4.21. The van der Waals surface area contributed by atoms with Crippen LogP contribution in [0.25, 0.3) is 5.57 Å². The van der Waals surface area contributed by atoms with Crippen molar-refractivity contribution >= 4 is 46.4 Å². The first-order chi connectivity index (χ1) is 15.8. The maximum atomic E-state index is 14.0. The molecule has 170 valence electrons. The van der Waals surface area contributed by atoms with Crippen LogP contribution in [0.3, 0.4) is 0 Å². The van der Waals surface area contributed by atoms with Gasteiger partial charge in [0, 0.05) is 59.6 Å². The molecule has 0 spiro atoms. The lowest BCUT2D eigenvalue weighted by Gasteiger charge is -2.25. The van der Waals surface area contributed by atoms with Crippen LogP contribution in [0.4, 0.5) is 20.2 Å². The number of pyridine rings is 1. The smallest absolute Gasteiger partial charge is 0.257 e. The standard InChI is InChI=1S/C23H20ClF2N5OS/c1-31-12-14(23(32)29-18-5-15(24)6-19(8-18)30-33-2)4-21(31)22-20(7-17(26)11-28-22)13-3-16(25)10-27-9-13/h3-12,22,28,30H,1-2H3,(H,29,32). The van der Waals surface area contributed by atoms with Crippen LogP contribution >= 0.6 is 23.5 Å². The Bertz CT molecular complexity index is 1270. The maximum Gasteiger partial charge on any atom is 0.257 e. The molecule has 4 rings (SSSR count). The number of nitrogens with zero attached hydrogens (tertiary/aromatic N) is 2. The molecule has 1 atom stereocenters. The van der Waals surface area contributed by atoms with Crippen LogP contribution in [0, 0.1) is 5.82 Å². The molecule has 3 aromatic rings. The highest BCUT2D eigenvalue weighted by molar-refractivity contribution is 7.99. The first-order valence-electron chi connectivity index (χ1n) is 9.85. The van der Waals surface area contributed by atoms with Crippen molar-refractivity contribution in [2.45, 2.75) is 6.04 Å². The Morgan fingerprint density at radius 1 is 1.18 bits per heavy atom. The summed E-state index contributed by atoms with van der Waals surface area (Å²) < 4.78 is 32.6. The van der Waals surface area contributed by atoms with Gasteiger partial charge in [-0.3, -0.25) is 9.78 Å². The number of hydrogen-bond donors (Lipinski definition) is 3. The highest BCUT2D eigenvalue weighted by Crippen LogP contribution is 2.35. The van der Waals surface area contributed by atoms with E-state index in [1.54, 1.807) is 42.1 Å². The number of aryl methyl sites for hydroxylation is 1. The number of benzene rings is 1. The summed E-state index contributed by atoms with van der Waals surface area (Å²) >= 11 is 7.57. The van der Waals surface area contributed by atoms with E-state index in [1.807, 2.05) is 6.26 Å². The van der Waals surface area contributed by atoms with Gasteiger partial charge in [0.1, 0.15) is 11.6 Å². The average molecular weight is 488 g/mol. The van der Waals surface area contributed by atoms with Gasteiger partial charge in [-0.05, 0) is 42.0 Å². The van der Waals surface area contributed by atoms with E-state index in [2.05, 4.69) is 20.3 Å². The largest absolute Gasteiger partial charge is 0.376 e. The summed E-state index contributed by atoms with van der Waals surface area (Å²) in [5.74, 6) is -1.34. The Balaban J connectivity index is 1.61. The van der Waals surface area contributed by atoms with Crippen molar-refractivity contribution in [1.82, 2.24) is 14.9 Å². The van der Waals surface area contributed by atoms with Crippen LogP contribution in [-0.2, 0) is 7.05 Å². The van der Waals surface area contributed by atoms with E-state index < -0.39 is 17.7 Å². The molecule has 1 aromatic carbocycles. The summed E-state index contributed by atoms with van der Waals surface area (Å²) in [6.45, 7) is 0. The lowest BCUT2D eigenvalue weighted by atomic mass is 9.94. The van der Waals surface area contributed by atoms with E-state index in [-0.39, 0.29) is 5.91 Å². The third kappa shape index (κ3) is 5.20. The number of dihydropyridines is 1. The van der Waals surface area contributed by atoms with Gasteiger partial charge in [-0.15, -0.1) is 0 Å². The molecular weight excluding hydrogens is 468 g/mol. The Labute approximate surface area is 198 Å². The van der Waals surface area contributed by atoms with Crippen molar-refractivity contribution in [1.29, 1.82) is 0 Å². The number of halogens is 3. The summed E-state index contributed by atoms with van der Waals surface area (Å²) in [6.07, 6.45) is 8.68. The fraction of sp³-hybridized carbons (Fsp3) is 0.130. The molecule has 3 N–H and O–H groups in total. The number of aromatic nitrogens is 2. The summed E-state index contributed by atoms with van der Waals surface area (Å²) in [7, 11) is 1.78. The molecule has 0 radical (unpaired) electrons. The van der Waals surface area contributed by atoms with Gasteiger partial charge < -0.3 is 19.9 Å². The highest BCUT2D eigenvalue weighted by Gasteiger charge is 2.25. The van der Waals surface area contributed by atoms with Gasteiger partial charge in [-0.2, -0.15) is 0 Å². The Kier molecular flexibility index (Phi) is 6.71. The van der Waals surface area contributed by atoms with E-state index in [4.69, 9.17) is 11.6 Å². The minimum absolute atomic E-state index is 0.329. The lowest BCUT2D eigenvalue weighted by molar-refractivity contribution is 0.102. The Morgan fingerprint density at radius 2 is 1.97 bits per heavy atom. The zero-order valence-corrected chi connectivity index (χ0v) is 19.3. The number of carbonyl (C=O) groups is 1. The predicted octanol–water partition coefficient (Wildman–Crippen LogP) is 5.69. The minimum atomic E-state index is -0.522. The topological polar surface area (TPSA) is 71.0 Å². The number of rotatable bonds is 6. The lowest BCUT2D eigenvalue weighted by Crippen LogP contribution is -2.22. The molecular formula is C23H20ClF2N5OS.